The number of aromatic hydroxyl groups is 1. The third-order valence-electron chi connectivity index (χ3n) is 4.76. The smallest absolute Gasteiger partial charge is 0.407 e. The molecule has 1 aromatic rings. The van der Waals surface area contributed by atoms with Gasteiger partial charge in [0.2, 0.25) is 0 Å². The number of carbonyl (C=O) groups excluding carboxylic acids is 1. The lowest BCUT2D eigenvalue weighted by Gasteiger charge is -2.25. The molecule has 10 heteroatoms. The van der Waals surface area contributed by atoms with E-state index >= 15 is 0 Å². The molecule has 0 unspecified atom stereocenters. The van der Waals surface area contributed by atoms with Gasteiger partial charge < -0.3 is 36.6 Å². The molecule has 2 atom stereocenters. The number of guanidine groups is 1. The number of benzene rings is 1. The van der Waals surface area contributed by atoms with Gasteiger partial charge in [-0.05, 0) is 82.7 Å². The van der Waals surface area contributed by atoms with Gasteiger partial charge in [0.1, 0.15) is 17.4 Å². The second kappa shape index (κ2) is 12.1. The Morgan fingerprint density at radius 3 is 2.31 bits per heavy atom. The van der Waals surface area contributed by atoms with Crippen LogP contribution >= 0.6 is 0 Å². The number of ether oxygens (including phenoxy) is 1. The Labute approximate surface area is 189 Å². The van der Waals surface area contributed by atoms with E-state index in [1.54, 1.807) is 32.9 Å². The van der Waals surface area contributed by atoms with Gasteiger partial charge >= 0.3 is 12.1 Å². The van der Waals surface area contributed by atoms with Crippen molar-refractivity contribution < 1.29 is 24.5 Å². The fourth-order valence-corrected chi connectivity index (χ4v) is 3.30. The third kappa shape index (κ3) is 10.3. The first-order chi connectivity index (χ1) is 14.8. The second-order valence-corrected chi connectivity index (χ2v) is 8.89. The van der Waals surface area contributed by atoms with Gasteiger partial charge in [0, 0.05) is 19.1 Å². The van der Waals surface area contributed by atoms with E-state index in [0.717, 1.165) is 16.7 Å². The molecule has 0 aromatic heterocycles. The van der Waals surface area contributed by atoms with E-state index in [1.807, 2.05) is 13.8 Å². The predicted octanol–water partition coefficient (Wildman–Crippen LogP) is 1.75. The summed E-state index contributed by atoms with van der Waals surface area (Å²) in [5.74, 6) is -0.999. The molecular formula is C22H37N5O5. The number of nitrogens with one attached hydrogen (secondary N) is 4. The molecule has 0 spiro atoms. The number of alkyl carbamates (subject to hydrolysis) is 1. The van der Waals surface area contributed by atoms with Gasteiger partial charge in [0.25, 0.3) is 0 Å². The van der Waals surface area contributed by atoms with Crippen molar-refractivity contribution >= 4 is 18.0 Å². The van der Waals surface area contributed by atoms with Crippen molar-refractivity contribution in [3.8, 4) is 5.75 Å². The first-order valence-electron chi connectivity index (χ1n) is 10.6. The zero-order chi connectivity index (χ0) is 24.5. The lowest BCUT2D eigenvalue weighted by molar-refractivity contribution is -0.139. The molecule has 0 radical (unpaired) electrons. The number of carboxylic acid groups (broad SMARTS) is 1. The molecule has 8 N–H and O–H groups in total. The lowest BCUT2D eigenvalue weighted by Crippen LogP contribution is -2.49. The summed E-state index contributed by atoms with van der Waals surface area (Å²) in [6.45, 7) is 9.62. The van der Waals surface area contributed by atoms with Crippen LogP contribution in [0.5, 0.6) is 5.75 Å². The summed E-state index contributed by atoms with van der Waals surface area (Å²) in [6, 6.07) is 1.95. The Morgan fingerprint density at radius 2 is 1.81 bits per heavy atom. The highest BCUT2D eigenvalue weighted by atomic mass is 16.6. The van der Waals surface area contributed by atoms with Crippen molar-refractivity contribution in [3.05, 3.63) is 28.8 Å². The van der Waals surface area contributed by atoms with Crippen LogP contribution in [0.15, 0.2) is 12.1 Å². The Kier molecular flexibility index (Phi) is 10.2. The summed E-state index contributed by atoms with van der Waals surface area (Å²) in [4.78, 5) is 24.1. The number of aryl methyl sites for hydroxylation is 2. The Bertz CT molecular complexity index is 783. The number of aliphatic carboxylic acids is 1. The molecule has 1 aromatic carbocycles. The monoisotopic (exact) mass is 451 g/mol. The molecule has 0 fully saturated rings. The molecule has 0 aliphatic carbocycles. The van der Waals surface area contributed by atoms with Crippen LogP contribution in [0.25, 0.3) is 0 Å². The first kappa shape index (κ1) is 27.0. The quantitative estimate of drug-likeness (QED) is 0.152. The minimum atomic E-state index is -1.01. The summed E-state index contributed by atoms with van der Waals surface area (Å²) >= 11 is 0. The highest BCUT2D eigenvalue weighted by Gasteiger charge is 2.24. The zero-order valence-corrected chi connectivity index (χ0v) is 19.5. The number of phenolic OH excluding ortho intramolecular Hbond substituents is 1. The summed E-state index contributed by atoms with van der Waals surface area (Å²) < 4.78 is 5.32. The van der Waals surface area contributed by atoms with Crippen LogP contribution < -0.4 is 21.7 Å². The first-order valence-corrected chi connectivity index (χ1v) is 10.6. The third-order valence-corrected chi connectivity index (χ3v) is 4.76. The number of hydrogen-bond acceptors (Lipinski definition) is 6. The maximum atomic E-state index is 12.2. The molecule has 32 heavy (non-hydrogen) atoms. The fourth-order valence-electron chi connectivity index (χ4n) is 3.30. The average Bonchev–Trinajstić information content (AvgIpc) is 2.61. The van der Waals surface area contributed by atoms with Crippen molar-refractivity contribution in [3.63, 3.8) is 0 Å². The maximum absolute atomic E-state index is 12.2. The van der Waals surface area contributed by atoms with Gasteiger partial charge in [-0.15, -0.1) is 0 Å². The van der Waals surface area contributed by atoms with E-state index in [2.05, 4.69) is 16.0 Å². The highest BCUT2D eigenvalue weighted by molar-refractivity contribution is 5.74. The van der Waals surface area contributed by atoms with Crippen LogP contribution in [0.3, 0.4) is 0 Å². The number of carbonyl (C=O) groups is 2. The Morgan fingerprint density at radius 1 is 1.22 bits per heavy atom. The van der Waals surface area contributed by atoms with Crippen LogP contribution in [0.2, 0.25) is 0 Å². The zero-order valence-electron chi connectivity index (χ0n) is 19.5. The Balaban J connectivity index is 2.84. The maximum Gasteiger partial charge on any atom is 0.407 e. The van der Waals surface area contributed by atoms with Crippen molar-refractivity contribution in [2.24, 2.45) is 5.73 Å². The normalized spacial score (nSPS) is 13.2. The molecule has 10 nitrogen and oxygen atoms in total. The minimum absolute atomic E-state index is 0.134. The van der Waals surface area contributed by atoms with E-state index in [-0.39, 0.29) is 30.7 Å². The molecule has 0 aliphatic heterocycles. The van der Waals surface area contributed by atoms with Gasteiger partial charge in [0.05, 0.1) is 0 Å². The van der Waals surface area contributed by atoms with Gasteiger partial charge in [-0.1, -0.05) is 0 Å². The number of amides is 1. The van der Waals surface area contributed by atoms with Gasteiger partial charge in [0.15, 0.2) is 5.96 Å². The number of phenols is 1. The SMILES string of the molecule is Cc1cc(O)cc(C)c1C[C@H](NC[C@@H](CCCNC(=N)N)NC(=O)OC(C)(C)C)C(=O)O. The van der Waals surface area contributed by atoms with Crippen LogP contribution in [0.1, 0.15) is 50.3 Å². The summed E-state index contributed by atoms with van der Waals surface area (Å²) in [5, 5.41) is 35.2. The minimum Gasteiger partial charge on any atom is -0.508 e. The fraction of sp³-hybridized carbons (Fsp3) is 0.591. The molecule has 0 aliphatic rings. The second-order valence-electron chi connectivity index (χ2n) is 8.89. The van der Waals surface area contributed by atoms with Crippen LogP contribution in [0.4, 0.5) is 4.79 Å². The number of carboxylic acids is 1. The largest absolute Gasteiger partial charge is 0.508 e. The van der Waals surface area contributed by atoms with Crippen LogP contribution in [-0.2, 0) is 16.0 Å². The predicted molar refractivity (Wildman–Crippen MR) is 123 cm³/mol. The lowest BCUT2D eigenvalue weighted by atomic mass is 9.95. The van der Waals surface area contributed by atoms with Gasteiger partial charge in [-0.2, -0.15) is 0 Å². The van der Waals surface area contributed by atoms with Crippen molar-refractivity contribution in [1.82, 2.24) is 16.0 Å². The highest BCUT2D eigenvalue weighted by Crippen LogP contribution is 2.22. The number of rotatable bonds is 11. The van der Waals surface area contributed by atoms with E-state index in [1.165, 1.54) is 0 Å². The number of hydrogen-bond donors (Lipinski definition) is 7. The van der Waals surface area contributed by atoms with Crippen LogP contribution in [0, 0.1) is 19.3 Å². The van der Waals surface area contributed by atoms with Crippen LogP contribution in [-0.4, -0.2) is 59.0 Å². The standard InChI is InChI=1S/C22H37N5O5/c1-13-9-16(28)10-14(2)17(13)11-18(19(29)30)26-12-15(7-6-8-25-20(23)24)27-21(31)32-22(3,4)5/h9-10,15,18,26,28H,6-8,11-12H2,1-5H3,(H,27,31)(H,29,30)(H4,23,24,25)/t15-,18+/m1/s1. The van der Waals surface area contributed by atoms with Crippen molar-refractivity contribution in [2.45, 2.75) is 71.6 Å². The van der Waals surface area contributed by atoms with E-state index in [9.17, 15) is 19.8 Å². The summed E-state index contributed by atoms with van der Waals surface area (Å²) in [6.07, 6.45) is 0.783. The molecule has 1 amide bonds. The summed E-state index contributed by atoms with van der Waals surface area (Å²) in [5.41, 5.74) is 7.11. The Hall–Kier alpha value is -3.01. The van der Waals surface area contributed by atoms with E-state index < -0.39 is 23.7 Å². The van der Waals surface area contributed by atoms with Crippen molar-refractivity contribution in [2.75, 3.05) is 13.1 Å². The van der Waals surface area contributed by atoms with Gasteiger partial charge in [-0.3, -0.25) is 10.2 Å². The van der Waals surface area contributed by atoms with Gasteiger partial charge in [-0.25, -0.2) is 4.79 Å². The molecule has 0 saturated carbocycles. The topological polar surface area (TPSA) is 170 Å². The average molecular weight is 452 g/mol. The molecule has 180 valence electrons. The molecule has 1 rings (SSSR count). The molecular weight excluding hydrogens is 414 g/mol. The van der Waals surface area contributed by atoms with E-state index in [0.29, 0.717) is 19.4 Å². The summed E-state index contributed by atoms with van der Waals surface area (Å²) in [7, 11) is 0. The van der Waals surface area contributed by atoms with Crippen molar-refractivity contribution in [1.29, 1.82) is 5.41 Å². The molecule has 0 heterocycles. The molecule has 0 saturated heterocycles. The van der Waals surface area contributed by atoms with E-state index in [4.69, 9.17) is 15.9 Å². The molecule has 0 bridgehead atoms. The number of nitrogens with two attached hydrogens (primary N) is 1.